The molecule has 0 aliphatic carbocycles. The molecular formula is C19H33N3. The molecule has 0 N–H and O–H groups in total. The Hall–Kier alpha value is -1.09. The molecule has 1 saturated heterocycles. The zero-order valence-corrected chi connectivity index (χ0v) is 15.2. The summed E-state index contributed by atoms with van der Waals surface area (Å²) in [7, 11) is 0. The molecule has 1 aromatic heterocycles. The minimum Gasteiger partial charge on any atom is -0.352 e. The third kappa shape index (κ3) is 4.01. The van der Waals surface area contributed by atoms with Crippen LogP contribution < -0.4 is 4.90 Å². The summed E-state index contributed by atoms with van der Waals surface area (Å²) in [4.78, 5) is 9.79. The van der Waals surface area contributed by atoms with E-state index in [9.17, 15) is 0 Å². The summed E-state index contributed by atoms with van der Waals surface area (Å²) in [6.45, 7) is 16.0. The number of anilines is 1. The van der Waals surface area contributed by atoms with Crippen molar-refractivity contribution in [3.05, 3.63) is 23.9 Å². The number of likely N-dealkylation sites (tertiary alicyclic amines) is 1. The molecule has 3 nitrogen and oxygen atoms in total. The van der Waals surface area contributed by atoms with Crippen LogP contribution in [0.25, 0.3) is 0 Å². The monoisotopic (exact) mass is 303 g/mol. The second kappa shape index (κ2) is 7.45. The molecule has 1 fully saturated rings. The molecule has 2 heterocycles. The molecule has 1 atom stereocenters. The lowest BCUT2D eigenvalue weighted by Gasteiger charge is -2.32. The number of hydrogen-bond donors (Lipinski definition) is 0. The van der Waals surface area contributed by atoms with Gasteiger partial charge in [0.25, 0.3) is 0 Å². The van der Waals surface area contributed by atoms with E-state index >= 15 is 0 Å². The van der Waals surface area contributed by atoms with Crippen LogP contribution in [0.15, 0.2) is 18.3 Å². The number of nitrogens with zero attached hydrogens (tertiary/aromatic N) is 3. The standard InChI is InChI=1S/C19H33N3/c1-14(2)13-21-11-7-8-18(21)17-9-10-19(20-12-17)22(15(3)4)16(5)6/h9-10,12,14-16,18H,7-8,11,13H2,1-6H3. The summed E-state index contributed by atoms with van der Waals surface area (Å²) >= 11 is 0. The van der Waals surface area contributed by atoms with Crippen LogP contribution in [-0.4, -0.2) is 35.1 Å². The van der Waals surface area contributed by atoms with E-state index in [0.717, 1.165) is 11.7 Å². The maximum absolute atomic E-state index is 4.78. The predicted molar refractivity (Wildman–Crippen MR) is 95.4 cm³/mol. The van der Waals surface area contributed by atoms with E-state index in [-0.39, 0.29) is 0 Å². The third-order valence-electron chi connectivity index (χ3n) is 4.50. The summed E-state index contributed by atoms with van der Waals surface area (Å²) in [6.07, 6.45) is 4.69. The summed E-state index contributed by atoms with van der Waals surface area (Å²) in [6, 6.07) is 6.02. The van der Waals surface area contributed by atoms with Crippen LogP contribution in [0.1, 0.15) is 66.0 Å². The van der Waals surface area contributed by atoms with E-state index in [4.69, 9.17) is 4.98 Å². The molecule has 1 unspecified atom stereocenters. The van der Waals surface area contributed by atoms with Crippen molar-refractivity contribution >= 4 is 5.82 Å². The molecule has 1 aliphatic heterocycles. The van der Waals surface area contributed by atoms with E-state index in [2.05, 4.69) is 69.7 Å². The second-order valence-electron chi connectivity index (χ2n) is 7.59. The minimum atomic E-state index is 0.474. The molecule has 1 aliphatic rings. The Morgan fingerprint density at radius 2 is 1.82 bits per heavy atom. The van der Waals surface area contributed by atoms with Gasteiger partial charge in [-0.2, -0.15) is 0 Å². The lowest BCUT2D eigenvalue weighted by Crippen LogP contribution is -2.37. The summed E-state index contributed by atoms with van der Waals surface area (Å²) in [5, 5.41) is 0. The van der Waals surface area contributed by atoms with E-state index in [1.165, 1.54) is 31.5 Å². The van der Waals surface area contributed by atoms with Crippen molar-refractivity contribution in [3.8, 4) is 0 Å². The number of hydrogen-bond acceptors (Lipinski definition) is 3. The van der Waals surface area contributed by atoms with Gasteiger partial charge in [-0.1, -0.05) is 19.9 Å². The van der Waals surface area contributed by atoms with E-state index in [1.807, 2.05) is 0 Å². The van der Waals surface area contributed by atoms with Gasteiger partial charge in [0.2, 0.25) is 0 Å². The zero-order valence-electron chi connectivity index (χ0n) is 15.2. The largest absolute Gasteiger partial charge is 0.352 e. The van der Waals surface area contributed by atoms with Crippen LogP contribution in [0.2, 0.25) is 0 Å². The summed E-state index contributed by atoms with van der Waals surface area (Å²) in [5.74, 6) is 1.83. The molecule has 1 aromatic rings. The van der Waals surface area contributed by atoms with Gasteiger partial charge in [-0.05, 0) is 64.6 Å². The van der Waals surface area contributed by atoms with Crippen molar-refractivity contribution in [2.45, 2.75) is 72.5 Å². The minimum absolute atomic E-state index is 0.474. The number of aromatic nitrogens is 1. The summed E-state index contributed by atoms with van der Waals surface area (Å²) < 4.78 is 0. The molecule has 0 bridgehead atoms. The first kappa shape index (κ1) is 17.3. The number of pyridine rings is 1. The topological polar surface area (TPSA) is 19.4 Å². The first-order chi connectivity index (χ1) is 10.4. The highest BCUT2D eigenvalue weighted by Crippen LogP contribution is 2.32. The number of rotatable bonds is 6. The second-order valence-corrected chi connectivity index (χ2v) is 7.59. The first-order valence-electron chi connectivity index (χ1n) is 8.88. The van der Waals surface area contributed by atoms with Crippen molar-refractivity contribution in [3.63, 3.8) is 0 Å². The quantitative estimate of drug-likeness (QED) is 0.771. The van der Waals surface area contributed by atoms with E-state index in [0.29, 0.717) is 18.1 Å². The Labute approximate surface area is 136 Å². The highest BCUT2D eigenvalue weighted by molar-refractivity contribution is 5.41. The average molecular weight is 303 g/mol. The Bertz CT molecular complexity index is 442. The molecule has 124 valence electrons. The lowest BCUT2D eigenvalue weighted by atomic mass is 10.1. The predicted octanol–water partition coefficient (Wildman–Crippen LogP) is 4.50. The fraction of sp³-hybridized carbons (Fsp3) is 0.737. The fourth-order valence-corrected chi connectivity index (χ4v) is 3.76. The molecule has 0 saturated carbocycles. The van der Waals surface area contributed by atoms with Gasteiger partial charge >= 0.3 is 0 Å². The molecular weight excluding hydrogens is 270 g/mol. The van der Waals surface area contributed by atoms with Crippen LogP contribution in [0.3, 0.4) is 0 Å². The van der Waals surface area contributed by atoms with Crippen molar-refractivity contribution in [1.82, 2.24) is 9.88 Å². The van der Waals surface area contributed by atoms with Gasteiger partial charge < -0.3 is 4.90 Å². The molecule has 0 aromatic carbocycles. The van der Waals surface area contributed by atoms with Crippen molar-refractivity contribution in [1.29, 1.82) is 0 Å². The van der Waals surface area contributed by atoms with Crippen LogP contribution >= 0.6 is 0 Å². The van der Waals surface area contributed by atoms with Gasteiger partial charge in [0.1, 0.15) is 5.82 Å². The molecule has 2 rings (SSSR count). The van der Waals surface area contributed by atoms with Crippen LogP contribution in [0.4, 0.5) is 5.82 Å². The zero-order chi connectivity index (χ0) is 16.3. The highest BCUT2D eigenvalue weighted by atomic mass is 15.2. The molecule has 0 spiro atoms. The highest BCUT2D eigenvalue weighted by Gasteiger charge is 2.26. The van der Waals surface area contributed by atoms with Gasteiger partial charge in [0.05, 0.1) is 0 Å². The fourth-order valence-electron chi connectivity index (χ4n) is 3.76. The van der Waals surface area contributed by atoms with Crippen molar-refractivity contribution in [2.24, 2.45) is 5.92 Å². The Kier molecular flexibility index (Phi) is 5.85. The molecule has 0 radical (unpaired) electrons. The Balaban J connectivity index is 2.14. The van der Waals surface area contributed by atoms with Crippen LogP contribution in [0, 0.1) is 5.92 Å². The Morgan fingerprint density at radius 3 is 2.32 bits per heavy atom. The normalized spacial score (nSPS) is 19.6. The average Bonchev–Trinajstić information content (AvgIpc) is 2.86. The molecule has 22 heavy (non-hydrogen) atoms. The van der Waals surface area contributed by atoms with Gasteiger partial charge in [-0.3, -0.25) is 4.90 Å². The van der Waals surface area contributed by atoms with Crippen LogP contribution in [-0.2, 0) is 0 Å². The van der Waals surface area contributed by atoms with Gasteiger partial charge in [0.15, 0.2) is 0 Å². The Morgan fingerprint density at radius 1 is 1.14 bits per heavy atom. The summed E-state index contributed by atoms with van der Waals surface area (Å²) in [5.41, 5.74) is 1.38. The van der Waals surface area contributed by atoms with Gasteiger partial charge in [-0.25, -0.2) is 4.98 Å². The van der Waals surface area contributed by atoms with Gasteiger partial charge in [0, 0.05) is 30.9 Å². The van der Waals surface area contributed by atoms with E-state index in [1.54, 1.807) is 0 Å². The van der Waals surface area contributed by atoms with E-state index < -0.39 is 0 Å². The van der Waals surface area contributed by atoms with Gasteiger partial charge in [-0.15, -0.1) is 0 Å². The maximum atomic E-state index is 4.78. The molecule has 3 heteroatoms. The maximum Gasteiger partial charge on any atom is 0.128 e. The first-order valence-corrected chi connectivity index (χ1v) is 8.88. The van der Waals surface area contributed by atoms with Crippen molar-refractivity contribution in [2.75, 3.05) is 18.0 Å². The van der Waals surface area contributed by atoms with Crippen LogP contribution in [0.5, 0.6) is 0 Å². The SMILES string of the molecule is CC(C)CN1CCCC1c1ccc(N(C(C)C)C(C)C)nc1. The third-order valence-corrected chi connectivity index (χ3v) is 4.50. The molecule has 0 amide bonds. The smallest absolute Gasteiger partial charge is 0.128 e. The lowest BCUT2D eigenvalue weighted by molar-refractivity contribution is 0.228. The van der Waals surface area contributed by atoms with Crippen molar-refractivity contribution < 1.29 is 0 Å².